The van der Waals surface area contributed by atoms with Crippen LogP contribution in [0.5, 0.6) is 0 Å². The van der Waals surface area contributed by atoms with E-state index in [1.807, 2.05) is 24.3 Å². The number of aromatic nitrogens is 2. The zero-order valence-corrected chi connectivity index (χ0v) is 25.1. The molecule has 3 amide bonds. The minimum Gasteiger partial charge on any atom is -0.336 e. The number of hydrogen-bond donors (Lipinski definition) is 1. The number of nitrogens with zero attached hydrogens (tertiary/aromatic N) is 6. The van der Waals surface area contributed by atoms with Crippen LogP contribution in [0.3, 0.4) is 0 Å². The Morgan fingerprint density at radius 3 is 2.45 bits per heavy atom. The van der Waals surface area contributed by atoms with Gasteiger partial charge in [0.15, 0.2) is 5.03 Å². The summed E-state index contributed by atoms with van der Waals surface area (Å²) in [7, 11) is -4.13. The van der Waals surface area contributed by atoms with Gasteiger partial charge in [0, 0.05) is 40.6 Å². The molecule has 210 valence electrons. The Bertz CT molecular complexity index is 1610. The maximum atomic E-state index is 14.2. The zero-order chi connectivity index (χ0) is 28.4. The molecule has 1 atom stereocenters. The molecule has 1 N–H and O–H groups in total. The Balaban J connectivity index is 1.45. The predicted octanol–water partition coefficient (Wildman–Crippen LogP) is 3.79. The van der Waals surface area contributed by atoms with Gasteiger partial charge in [0.1, 0.15) is 5.54 Å². The summed E-state index contributed by atoms with van der Waals surface area (Å²) in [5.41, 5.74) is -0.129. The number of rotatable bonds is 5. The molecule has 15 heteroatoms. The second kappa shape index (κ2) is 10.00. The number of hydrazine groups is 1. The highest BCUT2D eigenvalue weighted by Gasteiger charge is 2.52. The van der Waals surface area contributed by atoms with E-state index in [1.54, 1.807) is 30.1 Å². The number of urea groups is 1. The van der Waals surface area contributed by atoms with Crippen molar-refractivity contribution in [3.8, 4) is 0 Å². The molecule has 0 bridgehead atoms. The summed E-state index contributed by atoms with van der Waals surface area (Å²) in [6.07, 6.45) is 1.49. The summed E-state index contributed by atoms with van der Waals surface area (Å²) < 4.78 is 32.0. The topological polar surface area (TPSA) is 111 Å². The summed E-state index contributed by atoms with van der Waals surface area (Å²) in [6, 6.07) is 12.0. The second-order valence-corrected chi connectivity index (χ2v) is 13.7. The van der Waals surface area contributed by atoms with Crippen LogP contribution < -0.4 is 10.2 Å². The van der Waals surface area contributed by atoms with Gasteiger partial charge in [0.2, 0.25) is 5.95 Å². The second-order valence-electron chi connectivity index (χ2n) is 9.98. The largest absolute Gasteiger partial charge is 0.336 e. The van der Waals surface area contributed by atoms with Crippen LogP contribution in [0.1, 0.15) is 12.5 Å². The lowest BCUT2D eigenvalue weighted by molar-refractivity contribution is -0.124. The van der Waals surface area contributed by atoms with Crippen molar-refractivity contribution in [1.82, 2.24) is 29.2 Å². The minimum absolute atomic E-state index is 0.00124. The summed E-state index contributed by atoms with van der Waals surface area (Å²) in [6.45, 7) is 2.90. The van der Waals surface area contributed by atoms with Gasteiger partial charge in [0.05, 0.1) is 25.1 Å². The Kier molecular flexibility index (Phi) is 6.87. The van der Waals surface area contributed by atoms with Crippen molar-refractivity contribution in [3.05, 3.63) is 68.7 Å². The van der Waals surface area contributed by atoms with Crippen molar-refractivity contribution in [2.24, 2.45) is 0 Å². The number of halogens is 3. The molecule has 2 fully saturated rings. The van der Waals surface area contributed by atoms with Gasteiger partial charge >= 0.3 is 6.03 Å². The van der Waals surface area contributed by atoms with Gasteiger partial charge in [-0.25, -0.2) is 28.1 Å². The van der Waals surface area contributed by atoms with Crippen molar-refractivity contribution in [3.63, 3.8) is 0 Å². The van der Waals surface area contributed by atoms with E-state index in [9.17, 15) is 18.0 Å². The van der Waals surface area contributed by atoms with Gasteiger partial charge in [-0.2, -0.15) is 4.31 Å². The molecule has 4 heterocycles. The number of benzene rings is 2. The van der Waals surface area contributed by atoms with E-state index in [0.717, 1.165) is 10.0 Å². The monoisotopic (exact) mass is 667 g/mol. The molecular weight excluding hydrogens is 645 g/mol. The fraction of sp³-hybridized carbons (Fsp3) is 0.320. The van der Waals surface area contributed by atoms with Crippen molar-refractivity contribution < 1.29 is 18.0 Å². The number of carbonyl (C=O) groups excluding carboxylic acids is 2. The van der Waals surface area contributed by atoms with Gasteiger partial charge in [0.25, 0.3) is 15.9 Å². The van der Waals surface area contributed by atoms with Crippen LogP contribution in [0, 0.1) is 0 Å². The van der Waals surface area contributed by atoms with Gasteiger partial charge in [-0.1, -0.05) is 51.3 Å². The van der Waals surface area contributed by atoms with Crippen LogP contribution in [0.25, 0.3) is 0 Å². The minimum atomic E-state index is -4.13. The first-order chi connectivity index (χ1) is 19.0. The highest BCUT2D eigenvalue weighted by Crippen LogP contribution is 2.45. The van der Waals surface area contributed by atoms with Crippen LogP contribution in [0.4, 0.5) is 16.4 Å². The maximum Gasteiger partial charge on any atom is 0.332 e. The number of fused-ring (bicyclic) bond motifs is 2. The molecule has 40 heavy (non-hydrogen) atoms. The van der Waals surface area contributed by atoms with E-state index in [0.29, 0.717) is 28.8 Å². The molecule has 3 aliphatic rings. The number of nitrogens with one attached hydrogen (secondary N) is 1. The summed E-state index contributed by atoms with van der Waals surface area (Å²) in [5, 5.41) is 6.52. The summed E-state index contributed by atoms with van der Waals surface area (Å²) in [5.74, 6) is -0.219. The maximum absolute atomic E-state index is 14.2. The predicted molar refractivity (Wildman–Crippen MR) is 153 cm³/mol. The molecule has 11 nitrogen and oxygen atoms in total. The molecule has 0 aliphatic carbocycles. The van der Waals surface area contributed by atoms with Crippen LogP contribution >= 0.6 is 39.1 Å². The Morgan fingerprint density at radius 2 is 1.75 bits per heavy atom. The third kappa shape index (κ3) is 4.48. The van der Waals surface area contributed by atoms with E-state index < -0.39 is 15.6 Å². The molecule has 3 aromatic rings. The van der Waals surface area contributed by atoms with Gasteiger partial charge < -0.3 is 5.32 Å². The molecular formula is C25H24BrCl2N7O4S. The van der Waals surface area contributed by atoms with Crippen LogP contribution in [-0.4, -0.2) is 77.1 Å². The number of sulfonamides is 1. The molecule has 2 saturated heterocycles. The Hall–Kier alpha value is -2.68. The van der Waals surface area contributed by atoms with E-state index in [1.165, 1.54) is 25.0 Å². The smallest absolute Gasteiger partial charge is 0.332 e. The average Bonchev–Trinajstić information content (AvgIpc) is 3.43. The summed E-state index contributed by atoms with van der Waals surface area (Å²) >= 11 is 16.0. The van der Waals surface area contributed by atoms with Crippen molar-refractivity contribution >= 4 is 72.7 Å². The molecule has 6 rings (SSSR count). The number of carbonyl (C=O) groups is 2. The third-order valence-electron chi connectivity index (χ3n) is 7.34. The lowest BCUT2D eigenvalue weighted by Gasteiger charge is -2.45. The molecule has 0 saturated carbocycles. The number of imidazole rings is 1. The highest BCUT2D eigenvalue weighted by atomic mass is 79.9. The average molecular weight is 669 g/mol. The Labute approximate surface area is 249 Å². The highest BCUT2D eigenvalue weighted by molar-refractivity contribution is 9.10. The fourth-order valence-corrected chi connectivity index (χ4v) is 7.77. The van der Waals surface area contributed by atoms with E-state index >= 15 is 0 Å². The quantitative estimate of drug-likeness (QED) is 0.443. The zero-order valence-electron chi connectivity index (χ0n) is 21.2. The first-order valence-corrected chi connectivity index (χ1v) is 15.4. The molecule has 0 radical (unpaired) electrons. The van der Waals surface area contributed by atoms with Crippen molar-refractivity contribution in [1.29, 1.82) is 0 Å². The third-order valence-corrected chi connectivity index (χ3v) is 10.1. The molecule has 0 spiro atoms. The van der Waals surface area contributed by atoms with Gasteiger partial charge in [-0.15, -0.1) is 0 Å². The molecule has 3 aliphatic heterocycles. The normalized spacial score (nSPS) is 21.9. The van der Waals surface area contributed by atoms with Crippen LogP contribution in [-0.2, 0) is 26.8 Å². The van der Waals surface area contributed by atoms with Crippen LogP contribution in [0.2, 0.25) is 10.0 Å². The lowest BCUT2D eigenvalue weighted by Crippen LogP contribution is -2.66. The molecule has 2 aromatic carbocycles. The Morgan fingerprint density at radius 1 is 1.05 bits per heavy atom. The standard InChI is InChI=1S/C25H24BrCl2N7O4S/c1-25(13-16-2-4-17(26)5-3-16)22(36)34(20-11-18(27)10-19(28)12-20)23-30-14-21(35(23)25)40(38,39)32-8-9-33-24(37)29-6-7-31(33)15-32/h2-5,10-12,14H,6-9,13,15H2,1H3,(H,29,37)/t25-/m1/s1. The molecule has 0 unspecified atom stereocenters. The van der Waals surface area contributed by atoms with Crippen molar-refractivity contribution in [2.45, 2.75) is 23.9 Å². The number of anilines is 2. The summed E-state index contributed by atoms with van der Waals surface area (Å²) in [4.78, 5) is 32.3. The first-order valence-electron chi connectivity index (χ1n) is 12.4. The number of hydrogen-bond acceptors (Lipinski definition) is 6. The van der Waals surface area contributed by atoms with E-state index in [2.05, 4.69) is 26.2 Å². The van der Waals surface area contributed by atoms with Gasteiger partial charge in [-0.3, -0.25) is 14.4 Å². The van der Waals surface area contributed by atoms with Crippen molar-refractivity contribution in [2.75, 3.05) is 37.7 Å². The molecule has 1 aromatic heterocycles. The van der Waals surface area contributed by atoms with E-state index in [-0.39, 0.29) is 49.1 Å². The van der Waals surface area contributed by atoms with E-state index in [4.69, 9.17) is 23.2 Å². The SMILES string of the molecule is C[C@@]1(Cc2ccc(Br)cc2)C(=O)N(c2cc(Cl)cc(Cl)c2)c2ncc(S(=O)(=O)N3CCN4C(=O)NCCN4C3)n21. The van der Waals surface area contributed by atoms with Crippen LogP contribution in [0.15, 0.2) is 58.2 Å². The lowest BCUT2D eigenvalue weighted by atomic mass is 9.92. The fourth-order valence-electron chi connectivity index (χ4n) is 5.42. The van der Waals surface area contributed by atoms with Gasteiger partial charge in [-0.05, 0) is 42.8 Å². The number of amides is 3. The first kappa shape index (κ1) is 27.5.